The zero-order valence-electron chi connectivity index (χ0n) is 14.1. The van der Waals surface area contributed by atoms with Gasteiger partial charge in [0.05, 0.1) is 11.9 Å². The van der Waals surface area contributed by atoms with E-state index in [9.17, 15) is 4.79 Å². The molecule has 4 heteroatoms. The van der Waals surface area contributed by atoms with Crippen molar-refractivity contribution in [2.45, 2.75) is 12.3 Å². The van der Waals surface area contributed by atoms with Crippen LogP contribution in [0.1, 0.15) is 23.5 Å². The maximum absolute atomic E-state index is 12.4. The van der Waals surface area contributed by atoms with Crippen molar-refractivity contribution in [2.24, 2.45) is 0 Å². The van der Waals surface area contributed by atoms with Crippen LogP contribution in [0.5, 0.6) is 0 Å². The van der Waals surface area contributed by atoms with Gasteiger partial charge in [0.2, 0.25) is 5.91 Å². The molecule has 0 spiro atoms. The van der Waals surface area contributed by atoms with Crippen molar-refractivity contribution in [3.8, 4) is 5.69 Å². The zero-order chi connectivity index (χ0) is 17.5. The number of nitrogens with zero attached hydrogens (tertiary/aromatic N) is 2. The van der Waals surface area contributed by atoms with E-state index in [1.54, 1.807) is 4.68 Å². The van der Waals surface area contributed by atoms with E-state index in [1.165, 1.54) is 10.8 Å². The number of hydrogen-bond acceptors (Lipinski definition) is 2. The first kappa shape index (κ1) is 14.9. The fraction of sp³-hybridized carbons (Fsp3) is 0.0909. The minimum atomic E-state index is 0.0146. The zero-order valence-corrected chi connectivity index (χ0v) is 14.1. The number of aromatic nitrogens is 2. The van der Waals surface area contributed by atoms with Gasteiger partial charge in [-0.05, 0) is 28.5 Å². The molecule has 1 atom stereocenters. The number of carbonyl (C=O) groups is 1. The number of carbonyl (C=O) groups excluding carboxylic acids is 1. The lowest BCUT2D eigenvalue weighted by Gasteiger charge is -2.24. The van der Waals surface area contributed by atoms with E-state index < -0.39 is 0 Å². The minimum absolute atomic E-state index is 0.0146. The standard InChI is InChI=1S/C22H17N3O/c26-21-13-19(17-11-10-15-6-4-5-7-16(15)12-17)20-14-23-25(22(20)24-21)18-8-2-1-3-9-18/h1-12,14,19H,13H2,(H,24,26)/t19-/m0/s1. The summed E-state index contributed by atoms with van der Waals surface area (Å²) in [6.07, 6.45) is 2.31. The van der Waals surface area contributed by atoms with Crippen molar-refractivity contribution in [1.29, 1.82) is 0 Å². The molecule has 26 heavy (non-hydrogen) atoms. The van der Waals surface area contributed by atoms with Gasteiger partial charge in [0, 0.05) is 17.9 Å². The first-order chi connectivity index (χ1) is 12.8. The number of rotatable bonds is 2. The summed E-state index contributed by atoms with van der Waals surface area (Å²) >= 11 is 0. The lowest BCUT2D eigenvalue weighted by atomic mass is 9.86. The molecular weight excluding hydrogens is 322 g/mol. The van der Waals surface area contributed by atoms with Crippen LogP contribution < -0.4 is 5.32 Å². The maximum atomic E-state index is 12.4. The molecule has 4 nitrogen and oxygen atoms in total. The largest absolute Gasteiger partial charge is 0.310 e. The summed E-state index contributed by atoms with van der Waals surface area (Å²) < 4.78 is 1.81. The topological polar surface area (TPSA) is 46.9 Å². The first-order valence-electron chi connectivity index (χ1n) is 8.71. The lowest BCUT2D eigenvalue weighted by molar-refractivity contribution is -0.116. The van der Waals surface area contributed by atoms with Crippen LogP contribution in [0.2, 0.25) is 0 Å². The number of anilines is 1. The normalized spacial score (nSPS) is 16.3. The van der Waals surface area contributed by atoms with Gasteiger partial charge in [0.15, 0.2) is 0 Å². The summed E-state index contributed by atoms with van der Waals surface area (Å²) in [5.74, 6) is 0.805. The van der Waals surface area contributed by atoms with E-state index in [1.807, 2.05) is 48.7 Å². The minimum Gasteiger partial charge on any atom is -0.310 e. The van der Waals surface area contributed by atoms with E-state index in [4.69, 9.17) is 0 Å². The second-order valence-corrected chi connectivity index (χ2v) is 6.61. The Morgan fingerprint density at radius 1 is 0.923 bits per heavy atom. The van der Waals surface area contributed by atoms with Gasteiger partial charge in [-0.15, -0.1) is 0 Å². The Labute approximate surface area is 151 Å². The Bertz CT molecular complexity index is 1110. The fourth-order valence-electron chi connectivity index (χ4n) is 3.71. The summed E-state index contributed by atoms with van der Waals surface area (Å²) in [6.45, 7) is 0. The van der Waals surface area contributed by atoms with Gasteiger partial charge in [-0.2, -0.15) is 5.10 Å². The first-order valence-corrected chi connectivity index (χ1v) is 8.71. The van der Waals surface area contributed by atoms with Gasteiger partial charge >= 0.3 is 0 Å². The van der Waals surface area contributed by atoms with Gasteiger partial charge in [0.25, 0.3) is 0 Å². The van der Waals surface area contributed by atoms with Crippen molar-refractivity contribution in [1.82, 2.24) is 9.78 Å². The average Bonchev–Trinajstić information content (AvgIpc) is 3.11. The van der Waals surface area contributed by atoms with Gasteiger partial charge in [-0.25, -0.2) is 4.68 Å². The molecule has 0 saturated carbocycles. The van der Waals surface area contributed by atoms with E-state index in [-0.39, 0.29) is 11.8 Å². The van der Waals surface area contributed by atoms with Crippen molar-refractivity contribution in [3.05, 3.63) is 90.1 Å². The Morgan fingerprint density at radius 3 is 2.54 bits per heavy atom. The summed E-state index contributed by atoms with van der Waals surface area (Å²) in [4.78, 5) is 12.4. The van der Waals surface area contributed by atoms with Crippen LogP contribution in [0.15, 0.2) is 79.0 Å². The molecule has 2 heterocycles. The molecule has 0 unspecified atom stereocenters. The van der Waals surface area contributed by atoms with Crippen LogP contribution >= 0.6 is 0 Å². The molecule has 0 aliphatic carbocycles. The molecule has 1 aliphatic heterocycles. The molecule has 0 radical (unpaired) electrons. The van der Waals surface area contributed by atoms with Gasteiger partial charge in [0.1, 0.15) is 5.82 Å². The molecule has 1 aliphatic rings. The van der Waals surface area contributed by atoms with Gasteiger partial charge in [-0.1, -0.05) is 60.7 Å². The summed E-state index contributed by atoms with van der Waals surface area (Å²) in [7, 11) is 0. The number of fused-ring (bicyclic) bond motifs is 2. The van der Waals surface area contributed by atoms with E-state index >= 15 is 0 Å². The second kappa shape index (κ2) is 5.85. The Balaban J connectivity index is 1.63. The molecule has 0 bridgehead atoms. The summed E-state index contributed by atoms with van der Waals surface area (Å²) in [6, 6.07) is 24.6. The highest BCUT2D eigenvalue weighted by Crippen LogP contribution is 2.38. The predicted molar refractivity (Wildman–Crippen MR) is 103 cm³/mol. The number of para-hydroxylation sites is 1. The van der Waals surface area contributed by atoms with E-state index in [0.29, 0.717) is 6.42 Å². The van der Waals surface area contributed by atoms with E-state index in [2.05, 4.69) is 40.7 Å². The molecule has 1 amide bonds. The highest BCUT2D eigenvalue weighted by atomic mass is 16.1. The second-order valence-electron chi connectivity index (χ2n) is 6.61. The molecular formula is C22H17N3O. The number of nitrogens with one attached hydrogen (secondary N) is 1. The quantitative estimate of drug-likeness (QED) is 0.584. The van der Waals surface area contributed by atoms with Crippen LogP contribution in [0, 0.1) is 0 Å². The van der Waals surface area contributed by atoms with Gasteiger partial charge < -0.3 is 5.32 Å². The number of hydrogen-bond donors (Lipinski definition) is 1. The van der Waals surface area contributed by atoms with Crippen LogP contribution in [-0.4, -0.2) is 15.7 Å². The number of benzene rings is 3. The van der Waals surface area contributed by atoms with Crippen LogP contribution in [0.25, 0.3) is 16.5 Å². The lowest BCUT2D eigenvalue weighted by Crippen LogP contribution is -2.24. The van der Waals surface area contributed by atoms with Crippen LogP contribution in [0.3, 0.4) is 0 Å². The third-order valence-electron chi connectivity index (χ3n) is 5.00. The molecule has 0 fully saturated rings. The van der Waals surface area contributed by atoms with Crippen molar-refractivity contribution >= 4 is 22.5 Å². The predicted octanol–water partition coefficient (Wildman–Crippen LogP) is 4.50. The highest BCUT2D eigenvalue weighted by Gasteiger charge is 2.30. The SMILES string of the molecule is O=C1C[C@@H](c2ccc3ccccc3c2)c2cnn(-c3ccccc3)c2N1. The van der Waals surface area contributed by atoms with Crippen molar-refractivity contribution < 1.29 is 4.79 Å². The van der Waals surface area contributed by atoms with E-state index in [0.717, 1.165) is 22.6 Å². The monoisotopic (exact) mass is 339 g/mol. The summed E-state index contributed by atoms with van der Waals surface area (Å²) in [5.41, 5.74) is 3.14. The summed E-state index contributed by atoms with van der Waals surface area (Å²) in [5, 5.41) is 9.94. The fourth-order valence-corrected chi connectivity index (χ4v) is 3.71. The van der Waals surface area contributed by atoms with Crippen molar-refractivity contribution in [2.75, 3.05) is 5.32 Å². The average molecular weight is 339 g/mol. The van der Waals surface area contributed by atoms with Crippen molar-refractivity contribution in [3.63, 3.8) is 0 Å². The molecule has 0 saturated heterocycles. The molecule has 1 aromatic heterocycles. The Hall–Kier alpha value is -3.40. The molecule has 1 N–H and O–H groups in total. The molecule has 3 aromatic carbocycles. The number of amides is 1. The molecule has 5 rings (SSSR count). The third-order valence-corrected chi connectivity index (χ3v) is 5.00. The van der Waals surface area contributed by atoms with Crippen LogP contribution in [0.4, 0.5) is 5.82 Å². The Morgan fingerprint density at radius 2 is 1.69 bits per heavy atom. The smallest absolute Gasteiger partial charge is 0.226 e. The van der Waals surface area contributed by atoms with Gasteiger partial charge in [-0.3, -0.25) is 4.79 Å². The third kappa shape index (κ3) is 2.39. The highest BCUT2D eigenvalue weighted by molar-refractivity contribution is 5.95. The molecule has 126 valence electrons. The molecule has 4 aromatic rings. The maximum Gasteiger partial charge on any atom is 0.226 e. The van der Waals surface area contributed by atoms with Crippen LogP contribution in [-0.2, 0) is 4.79 Å². The Kier molecular flexibility index (Phi) is 3.35.